The molecule has 10 heteroatoms. The van der Waals surface area contributed by atoms with Gasteiger partial charge in [0.1, 0.15) is 23.8 Å². The van der Waals surface area contributed by atoms with E-state index >= 15 is 0 Å². The molecule has 176 valence electrons. The summed E-state index contributed by atoms with van der Waals surface area (Å²) in [6, 6.07) is 7.66. The molecule has 1 saturated heterocycles. The summed E-state index contributed by atoms with van der Waals surface area (Å²) in [6.07, 6.45) is 1.89. The summed E-state index contributed by atoms with van der Waals surface area (Å²) in [5, 5.41) is 6.27. The van der Waals surface area contributed by atoms with Crippen LogP contribution in [0.3, 0.4) is 0 Å². The van der Waals surface area contributed by atoms with Crippen LogP contribution in [0.2, 0.25) is 5.02 Å². The van der Waals surface area contributed by atoms with Crippen LogP contribution in [0.5, 0.6) is 11.5 Å². The predicted octanol–water partition coefficient (Wildman–Crippen LogP) is 4.64. The minimum Gasteiger partial charge on any atom is -0.485 e. The van der Waals surface area contributed by atoms with Gasteiger partial charge in [-0.05, 0) is 43.4 Å². The van der Waals surface area contributed by atoms with E-state index in [2.05, 4.69) is 10.3 Å². The minimum absolute atomic E-state index is 0.0672. The molecule has 3 atom stereocenters. The summed E-state index contributed by atoms with van der Waals surface area (Å²) in [5.74, 6) is 1.35. The van der Waals surface area contributed by atoms with E-state index in [1.165, 1.54) is 22.7 Å². The number of aromatic nitrogens is 1. The molecule has 0 unspecified atom stereocenters. The average molecular weight is 516 g/mol. The van der Waals surface area contributed by atoms with Crippen molar-refractivity contribution >= 4 is 46.1 Å². The maximum atomic E-state index is 13.7. The van der Waals surface area contributed by atoms with E-state index in [0.717, 1.165) is 28.3 Å². The van der Waals surface area contributed by atoms with Gasteiger partial charge in [0, 0.05) is 23.0 Å². The van der Waals surface area contributed by atoms with Gasteiger partial charge in [0.05, 0.1) is 15.9 Å². The number of hydrogen-bond acceptors (Lipinski definition) is 7. The third-order valence-electron chi connectivity index (χ3n) is 6.47. The number of rotatable bonds is 5. The van der Waals surface area contributed by atoms with Crippen LogP contribution in [0, 0.1) is 12.8 Å². The van der Waals surface area contributed by atoms with Crippen molar-refractivity contribution in [2.45, 2.75) is 31.8 Å². The lowest BCUT2D eigenvalue weighted by Crippen LogP contribution is -2.45. The minimum atomic E-state index is -0.200. The lowest BCUT2D eigenvalue weighted by atomic mass is 10.1. The Labute approximate surface area is 209 Å². The van der Waals surface area contributed by atoms with E-state index in [4.69, 9.17) is 21.1 Å². The van der Waals surface area contributed by atoms with Crippen molar-refractivity contribution in [1.29, 1.82) is 0 Å². The molecule has 1 aromatic carbocycles. The molecule has 34 heavy (non-hydrogen) atoms. The van der Waals surface area contributed by atoms with Gasteiger partial charge in [0.25, 0.3) is 11.8 Å². The van der Waals surface area contributed by atoms with Crippen LogP contribution < -0.4 is 14.8 Å². The van der Waals surface area contributed by atoms with Crippen LogP contribution in [-0.4, -0.2) is 53.5 Å². The highest BCUT2D eigenvalue weighted by Gasteiger charge is 2.54. The molecule has 0 bridgehead atoms. The van der Waals surface area contributed by atoms with Crippen LogP contribution in [0.1, 0.15) is 38.0 Å². The predicted molar refractivity (Wildman–Crippen MR) is 131 cm³/mol. The molecular formula is C24H22ClN3O4S2. The number of benzene rings is 1. The third kappa shape index (κ3) is 3.85. The summed E-state index contributed by atoms with van der Waals surface area (Å²) in [7, 11) is 0. The fourth-order valence-corrected chi connectivity index (χ4v) is 6.83. The molecule has 1 saturated carbocycles. The Morgan fingerprint density at radius 3 is 2.97 bits per heavy atom. The lowest BCUT2D eigenvalue weighted by Gasteiger charge is -2.27. The number of ether oxygens (including phenoxy) is 2. The SMILES string of the molecule is Cc1nc(C(=O)N2[C@H](CNC(=O)c3scc4c3OCCO4)C[C@@H]3C[C@@H]32)c(-c2cccc(Cl)c2)s1. The fourth-order valence-electron chi connectivity index (χ4n) is 4.89. The number of piperidine rings is 1. The number of halogens is 1. The van der Waals surface area contributed by atoms with Crippen molar-refractivity contribution in [2.24, 2.45) is 5.92 Å². The highest BCUT2D eigenvalue weighted by molar-refractivity contribution is 7.15. The highest BCUT2D eigenvalue weighted by atomic mass is 35.5. The highest BCUT2D eigenvalue weighted by Crippen LogP contribution is 2.49. The summed E-state index contributed by atoms with van der Waals surface area (Å²) in [5.41, 5.74) is 1.36. The second-order valence-corrected chi connectivity index (χ2v) is 11.3. The van der Waals surface area contributed by atoms with Gasteiger partial charge in [-0.3, -0.25) is 9.59 Å². The number of amides is 2. The van der Waals surface area contributed by atoms with E-state index < -0.39 is 0 Å². The van der Waals surface area contributed by atoms with Gasteiger partial charge >= 0.3 is 0 Å². The average Bonchev–Trinajstić information content (AvgIpc) is 3.17. The van der Waals surface area contributed by atoms with Crippen molar-refractivity contribution in [3.05, 3.63) is 50.2 Å². The molecule has 1 aliphatic carbocycles. The van der Waals surface area contributed by atoms with Crippen LogP contribution in [0.4, 0.5) is 0 Å². The van der Waals surface area contributed by atoms with Crippen LogP contribution in [0.25, 0.3) is 10.4 Å². The number of hydrogen-bond donors (Lipinski definition) is 1. The van der Waals surface area contributed by atoms with Crippen LogP contribution in [-0.2, 0) is 0 Å². The number of carbonyl (C=O) groups is 2. The number of fused-ring (bicyclic) bond motifs is 2. The molecular weight excluding hydrogens is 494 g/mol. The van der Waals surface area contributed by atoms with Crippen LogP contribution >= 0.6 is 34.3 Å². The number of thiophene rings is 1. The first-order valence-corrected chi connectivity index (χ1v) is 13.3. The molecule has 2 amide bonds. The van der Waals surface area contributed by atoms with E-state index in [9.17, 15) is 9.59 Å². The first kappa shape index (κ1) is 21.9. The van der Waals surface area contributed by atoms with Gasteiger partial charge in [-0.2, -0.15) is 0 Å². The van der Waals surface area contributed by atoms with E-state index in [0.29, 0.717) is 52.8 Å². The maximum Gasteiger partial charge on any atom is 0.274 e. The molecule has 2 aromatic heterocycles. The van der Waals surface area contributed by atoms with E-state index in [1.54, 1.807) is 5.38 Å². The van der Waals surface area contributed by atoms with Crippen molar-refractivity contribution < 1.29 is 19.1 Å². The summed E-state index contributed by atoms with van der Waals surface area (Å²) < 4.78 is 11.2. The number of carbonyl (C=O) groups excluding carboxylic acids is 2. The zero-order valence-electron chi connectivity index (χ0n) is 18.4. The third-order valence-corrected chi connectivity index (χ3v) is 8.67. The standard InChI is InChI=1S/C24H22ClN3O4S2/c1-12-27-19(21(34-12)13-3-2-4-15(25)7-13)24(30)28-16(8-14-9-17(14)28)10-26-23(29)22-20-18(11-33-22)31-5-6-32-20/h2-4,7,11,14,16-17H,5-6,8-10H2,1H3,(H,26,29)/t14-,16+,17+/m1/s1. The zero-order valence-corrected chi connectivity index (χ0v) is 20.8. The van der Waals surface area contributed by atoms with Gasteiger partial charge < -0.3 is 19.7 Å². The van der Waals surface area contributed by atoms with Crippen LogP contribution in [0.15, 0.2) is 29.6 Å². The quantitative estimate of drug-likeness (QED) is 0.535. The molecule has 6 rings (SSSR count). The molecule has 3 aliphatic rings. The number of aryl methyl sites for hydroxylation is 1. The maximum absolute atomic E-state index is 13.7. The number of thiazole rings is 1. The molecule has 1 N–H and O–H groups in total. The molecule has 0 spiro atoms. The Morgan fingerprint density at radius 2 is 2.12 bits per heavy atom. The molecule has 4 heterocycles. The molecule has 2 aliphatic heterocycles. The second-order valence-electron chi connectivity index (χ2n) is 8.75. The van der Waals surface area contributed by atoms with E-state index in [1.807, 2.05) is 36.1 Å². The number of likely N-dealkylation sites (tertiary alicyclic amines) is 1. The molecule has 0 radical (unpaired) electrons. The molecule has 3 aromatic rings. The summed E-state index contributed by atoms with van der Waals surface area (Å²) in [6.45, 7) is 3.21. The smallest absolute Gasteiger partial charge is 0.274 e. The summed E-state index contributed by atoms with van der Waals surface area (Å²) >= 11 is 9.01. The van der Waals surface area contributed by atoms with E-state index in [-0.39, 0.29) is 23.9 Å². The Morgan fingerprint density at radius 1 is 1.26 bits per heavy atom. The second kappa shape index (κ2) is 8.55. The Kier molecular flexibility index (Phi) is 5.50. The van der Waals surface area contributed by atoms with Gasteiger partial charge in [-0.15, -0.1) is 22.7 Å². The van der Waals surface area contributed by atoms with Crippen molar-refractivity contribution in [2.75, 3.05) is 19.8 Å². The van der Waals surface area contributed by atoms with Crippen molar-refractivity contribution in [3.63, 3.8) is 0 Å². The topological polar surface area (TPSA) is 80.8 Å². The largest absolute Gasteiger partial charge is 0.485 e. The summed E-state index contributed by atoms with van der Waals surface area (Å²) in [4.78, 5) is 34.5. The normalized spacial score (nSPS) is 22.4. The Bertz CT molecular complexity index is 1290. The monoisotopic (exact) mass is 515 g/mol. The van der Waals surface area contributed by atoms with Gasteiger partial charge in [-0.1, -0.05) is 23.7 Å². The van der Waals surface area contributed by atoms with Crippen molar-refractivity contribution in [1.82, 2.24) is 15.2 Å². The molecule has 7 nitrogen and oxygen atoms in total. The lowest BCUT2D eigenvalue weighted by molar-refractivity contribution is 0.0684. The van der Waals surface area contributed by atoms with Gasteiger partial charge in [0.2, 0.25) is 0 Å². The molecule has 2 fully saturated rings. The Balaban J connectivity index is 1.21. The zero-order chi connectivity index (χ0) is 23.4. The number of nitrogens with zero attached hydrogens (tertiary/aromatic N) is 2. The first-order chi connectivity index (χ1) is 16.5. The fraction of sp³-hybridized carbons (Fsp3) is 0.375. The first-order valence-electron chi connectivity index (χ1n) is 11.2. The Hall–Kier alpha value is -2.62. The van der Waals surface area contributed by atoms with Gasteiger partial charge in [-0.25, -0.2) is 4.98 Å². The number of nitrogens with one attached hydrogen (secondary N) is 1. The van der Waals surface area contributed by atoms with Gasteiger partial charge in [0.15, 0.2) is 11.5 Å². The van der Waals surface area contributed by atoms with Crippen molar-refractivity contribution in [3.8, 4) is 21.9 Å².